The van der Waals surface area contributed by atoms with Crippen molar-refractivity contribution < 1.29 is 29.7 Å². The fraction of sp³-hybridized carbons (Fsp3) is 0.250. The molecule has 1 heterocycles. The van der Waals surface area contributed by atoms with Gasteiger partial charge in [-0.25, -0.2) is 4.57 Å². The van der Waals surface area contributed by atoms with Crippen molar-refractivity contribution in [2.24, 2.45) is 7.05 Å². The molecule has 0 bridgehead atoms. The van der Waals surface area contributed by atoms with Gasteiger partial charge in [-0.3, -0.25) is 4.98 Å². The molecule has 1 N–H and O–H groups in total. The summed E-state index contributed by atoms with van der Waals surface area (Å²) in [6, 6.07) is 0. The van der Waals surface area contributed by atoms with E-state index in [1.807, 2.05) is 30.3 Å². The van der Waals surface area contributed by atoms with Crippen molar-refractivity contribution in [1.82, 2.24) is 4.98 Å². The van der Waals surface area contributed by atoms with Gasteiger partial charge in [0.15, 0.2) is 0 Å². The Morgan fingerprint density at radius 3 is 1.54 bits per heavy atom. The summed E-state index contributed by atoms with van der Waals surface area (Å²) in [6.07, 6.45) is 5.69. The van der Waals surface area contributed by atoms with Gasteiger partial charge in [0.1, 0.15) is 12.4 Å². The molecule has 0 fully saturated rings. The second-order valence-electron chi connectivity index (χ2n) is 2.24. The van der Waals surface area contributed by atoms with Crippen LogP contribution in [0.5, 0.6) is 0 Å². The Balaban J connectivity index is 0.000000223. The van der Waals surface area contributed by atoms with E-state index < -0.39 is 7.81 Å². The summed E-state index contributed by atoms with van der Waals surface area (Å²) in [4.78, 5) is 2.89. The maximum absolute atomic E-state index is 10.7. The van der Waals surface area contributed by atoms with Crippen molar-refractivity contribution in [3.8, 4) is 0 Å². The molecule has 0 saturated carbocycles. The van der Waals surface area contributed by atoms with E-state index in [4.69, 9.17) is 0 Å². The van der Waals surface area contributed by atoms with Crippen LogP contribution in [0.3, 0.4) is 0 Å². The van der Waals surface area contributed by atoms with Crippen LogP contribution < -0.4 is 4.57 Å². The molecule has 0 spiro atoms. The summed E-state index contributed by atoms with van der Waals surface area (Å²) < 4.78 is 61.1. The van der Waals surface area contributed by atoms with E-state index in [1.54, 1.807) is 0 Å². The second kappa shape index (κ2) is 2.60. The average Bonchev–Trinajstić information content (AvgIpc) is 2.07. The number of aryl methyl sites for hydroxylation is 1. The molecular formula is C4H7F6N2P. The summed E-state index contributed by atoms with van der Waals surface area (Å²) in [5.41, 5.74) is 0. The van der Waals surface area contributed by atoms with Gasteiger partial charge in [0.25, 0.3) is 0 Å². The molecule has 1 aromatic rings. The van der Waals surface area contributed by atoms with Gasteiger partial charge in [-0.1, -0.05) is 0 Å². The Morgan fingerprint density at radius 1 is 1.08 bits per heavy atom. The number of nitrogens with one attached hydrogen (secondary N) is 1. The third kappa shape index (κ3) is 24.7. The molecule has 1 rings (SSSR count). The van der Waals surface area contributed by atoms with Crippen molar-refractivity contribution >= 4 is 7.81 Å². The zero-order valence-electron chi connectivity index (χ0n) is 6.39. The zero-order valence-corrected chi connectivity index (χ0v) is 7.29. The first-order chi connectivity index (χ1) is 5.34. The van der Waals surface area contributed by atoms with Crippen molar-refractivity contribution in [3.63, 3.8) is 0 Å². The number of H-pyrrole nitrogens is 1. The summed E-state index contributed by atoms with van der Waals surface area (Å²) in [5, 5.41) is 0. The van der Waals surface area contributed by atoms with Crippen LogP contribution >= 0.6 is 7.81 Å². The molecule has 0 aliphatic rings. The molecule has 0 aliphatic heterocycles. The van der Waals surface area contributed by atoms with Crippen LogP contribution in [-0.4, -0.2) is 4.98 Å². The monoisotopic (exact) mass is 228 g/mol. The number of hydrogen-bond acceptors (Lipinski definition) is 0. The summed E-state index contributed by atoms with van der Waals surface area (Å²) in [5.74, 6) is 0. The van der Waals surface area contributed by atoms with Crippen LogP contribution in [0, 0.1) is 0 Å². The fourth-order valence-electron chi connectivity index (χ4n) is 0.364. The molecular weight excluding hydrogens is 221 g/mol. The Hall–Kier alpha value is -0.780. The second-order valence-corrected chi connectivity index (χ2v) is 4.15. The van der Waals surface area contributed by atoms with Gasteiger partial charge in [-0.05, 0) is 0 Å². The molecule has 1 aromatic heterocycles. The molecule has 0 aromatic carbocycles. The summed E-state index contributed by atoms with van der Waals surface area (Å²) >= 11 is 0. The first-order valence-electron chi connectivity index (χ1n) is 2.89. The van der Waals surface area contributed by atoms with Crippen molar-refractivity contribution in [2.75, 3.05) is 0 Å². The molecule has 80 valence electrons. The van der Waals surface area contributed by atoms with Gasteiger partial charge in [0.05, 0.1) is 7.05 Å². The van der Waals surface area contributed by atoms with Crippen molar-refractivity contribution in [3.05, 3.63) is 18.7 Å². The predicted octanol–water partition coefficient (Wildman–Crippen LogP) is 3.22. The van der Waals surface area contributed by atoms with E-state index in [0.29, 0.717) is 0 Å². The van der Waals surface area contributed by atoms with Crippen molar-refractivity contribution in [2.45, 2.75) is 0 Å². The van der Waals surface area contributed by atoms with Crippen LogP contribution in [0.25, 0.3) is 0 Å². The minimum absolute atomic E-state index is 1.88. The normalized spacial score (nSPS) is 16.5. The molecule has 0 atom stereocenters. The topological polar surface area (TPSA) is 19.7 Å². The standard InChI is InChI=1S/C4H6N2.F6P/c1-6-3-2-5-4-6;1-7(2,3,4,5)6/h2-4H,1H3;/q;-1/p+1. The van der Waals surface area contributed by atoms with Crippen molar-refractivity contribution in [1.29, 1.82) is 0 Å². The van der Waals surface area contributed by atoms with Gasteiger partial charge in [-0.15, -0.1) is 0 Å². The number of imidazole rings is 1. The molecule has 0 unspecified atom stereocenters. The number of aromatic amines is 1. The Kier molecular flexibility index (Phi) is 2.45. The van der Waals surface area contributed by atoms with Gasteiger partial charge < -0.3 is 0 Å². The number of rotatable bonds is 0. The molecule has 2 nitrogen and oxygen atoms in total. The Labute approximate surface area is 69.4 Å². The Morgan fingerprint density at radius 2 is 1.46 bits per heavy atom. The predicted molar refractivity (Wildman–Crippen MR) is 35.5 cm³/mol. The number of halogens is 6. The first kappa shape index (κ1) is 12.2. The van der Waals surface area contributed by atoms with Gasteiger partial charge in [0, 0.05) is 0 Å². The van der Waals surface area contributed by atoms with Crippen LogP contribution in [0.15, 0.2) is 18.7 Å². The van der Waals surface area contributed by atoms with Crippen LogP contribution in [0.2, 0.25) is 0 Å². The van der Waals surface area contributed by atoms with Crippen LogP contribution in [-0.2, 0) is 7.05 Å². The number of aromatic nitrogens is 2. The fourth-order valence-corrected chi connectivity index (χ4v) is 0.364. The minimum atomic E-state index is -10.7. The Bertz CT molecular complexity index is 247. The molecule has 0 aliphatic carbocycles. The van der Waals surface area contributed by atoms with E-state index in [1.165, 1.54) is 0 Å². The maximum atomic E-state index is 9.87. The van der Waals surface area contributed by atoms with Crippen LogP contribution in [0.1, 0.15) is 0 Å². The molecule has 0 amide bonds. The zero-order chi connectivity index (χ0) is 10.8. The molecule has 0 saturated heterocycles. The summed E-state index contributed by atoms with van der Waals surface area (Å²) in [7, 11) is -8.69. The van der Waals surface area contributed by atoms with E-state index in [0.717, 1.165) is 0 Å². The molecule has 13 heavy (non-hydrogen) atoms. The number of hydrogen-bond donors (Lipinski definition) is 1. The average molecular weight is 228 g/mol. The van der Waals surface area contributed by atoms with E-state index in [-0.39, 0.29) is 0 Å². The van der Waals surface area contributed by atoms with Gasteiger partial charge in [0.2, 0.25) is 6.33 Å². The molecule has 9 heteroatoms. The van der Waals surface area contributed by atoms with E-state index in [9.17, 15) is 25.2 Å². The summed E-state index contributed by atoms with van der Waals surface area (Å²) in [6.45, 7) is 0. The van der Waals surface area contributed by atoms with E-state index >= 15 is 0 Å². The van der Waals surface area contributed by atoms with Gasteiger partial charge in [-0.2, -0.15) is 0 Å². The third-order valence-corrected chi connectivity index (χ3v) is 0.684. The third-order valence-electron chi connectivity index (χ3n) is 0.684. The number of nitrogens with zero attached hydrogens (tertiary/aromatic N) is 1. The quantitative estimate of drug-likeness (QED) is 0.399. The van der Waals surface area contributed by atoms with Gasteiger partial charge >= 0.3 is 33.0 Å². The SMILES string of the molecule is C[n+]1cc[nH]c1.F[P-](F)(F)(F)(F)F. The first-order valence-corrected chi connectivity index (χ1v) is 4.92. The molecule has 0 radical (unpaired) electrons. The van der Waals surface area contributed by atoms with E-state index in [2.05, 4.69) is 4.98 Å². The van der Waals surface area contributed by atoms with Crippen LogP contribution in [0.4, 0.5) is 25.2 Å².